The fourth-order valence-corrected chi connectivity index (χ4v) is 5.53. The minimum absolute atomic E-state index is 0.119. The van der Waals surface area contributed by atoms with Crippen LogP contribution in [-0.4, -0.2) is 55.9 Å². The number of aryl methyl sites for hydroxylation is 1. The maximum atomic E-state index is 13.9. The lowest BCUT2D eigenvalue weighted by molar-refractivity contribution is -0.00398. The molecule has 1 atom stereocenters. The lowest BCUT2D eigenvalue weighted by Gasteiger charge is -2.34. The van der Waals surface area contributed by atoms with Gasteiger partial charge in [0, 0.05) is 30.3 Å². The zero-order valence-electron chi connectivity index (χ0n) is 22.5. The molecule has 3 aromatic carbocycles. The van der Waals surface area contributed by atoms with Crippen LogP contribution in [0.15, 0.2) is 83.8 Å². The molecule has 0 aliphatic carbocycles. The Hall–Kier alpha value is -4.31. The average molecular weight is 602 g/mol. The molecule has 1 aliphatic rings. The number of nitrogens with zero attached hydrogens (tertiary/aromatic N) is 5. The Kier molecular flexibility index (Phi) is 7.64. The van der Waals surface area contributed by atoms with Crippen LogP contribution in [-0.2, 0) is 18.3 Å². The van der Waals surface area contributed by atoms with Crippen molar-refractivity contribution in [1.29, 1.82) is 0 Å². The number of aromatic nitrogens is 4. The third kappa shape index (κ3) is 5.22. The van der Waals surface area contributed by atoms with Gasteiger partial charge in [-0.25, -0.2) is 4.68 Å². The summed E-state index contributed by atoms with van der Waals surface area (Å²) < 4.78 is 8.92. The van der Waals surface area contributed by atoms with E-state index in [-0.39, 0.29) is 46.6 Å². The molecule has 1 aliphatic heterocycles. The van der Waals surface area contributed by atoms with Gasteiger partial charge in [0.15, 0.2) is 5.78 Å². The Morgan fingerprint density at radius 2 is 1.74 bits per heavy atom. The molecule has 42 heavy (non-hydrogen) atoms. The summed E-state index contributed by atoms with van der Waals surface area (Å²) in [5.41, 5.74) is 2.65. The summed E-state index contributed by atoms with van der Waals surface area (Å²) >= 11 is 12.2. The van der Waals surface area contributed by atoms with Crippen LogP contribution < -0.4 is 5.56 Å². The quantitative estimate of drug-likeness (QED) is 0.256. The van der Waals surface area contributed by atoms with Crippen LogP contribution in [0.25, 0.3) is 10.9 Å². The lowest BCUT2D eigenvalue weighted by Crippen LogP contribution is -2.44. The molecule has 1 saturated heterocycles. The molecular formula is C31H25Cl2N5O4. The van der Waals surface area contributed by atoms with Crippen molar-refractivity contribution in [2.45, 2.75) is 12.6 Å². The van der Waals surface area contributed by atoms with Crippen LogP contribution in [0.2, 0.25) is 10.0 Å². The maximum Gasteiger partial charge on any atom is 0.255 e. The van der Waals surface area contributed by atoms with Gasteiger partial charge in [0.25, 0.3) is 11.5 Å². The molecule has 3 heterocycles. The predicted octanol–water partition coefficient (Wildman–Crippen LogP) is 4.93. The standard InChI is InChI=1S/C31H25Cl2N5O4/c1-36-27-9-5-2-6-19(27)14-21(30(36)40)16-37-17-26(34-35-37)28-18-42-13-12-38(28)31(41)23-8-4-3-7-22(23)29(39)20-10-11-24(32)25(33)15-20/h2-11,14-15,17,28H,12-13,16,18H2,1H3. The number of fused-ring (bicyclic) bond motifs is 1. The van der Waals surface area contributed by atoms with Gasteiger partial charge in [-0.05, 0) is 41.8 Å². The van der Waals surface area contributed by atoms with E-state index in [9.17, 15) is 14.4 Å². The van der Waals surface area contributed by atoms with Crippen LogP contribution >= 0.6 is 23.2 Å². The first-order valence-corrected chi connectivity index (χ1v) is 14.0. The minimum Gasteiger partial charge on any atom is -0.377 e. The average Bonchev–Trinajstić information content (AvgIpc) is 3.49. The van der Waals surface area contributed by atoms with Crippen molar-refractivity contribution in [2.75, 3.05) is 19.8 Å². The number of morpholine rings is 1. The van der Waals surface area contributed by atoms with Crippen molar-refractivity contribution in [3.8, 4) is 0 Å². The van der Waals surface area contributed by atoms with Crippen molar-refractivity contribution in [3.63, 3.8) is 0 Å². The molecule has 0 N–H and O–H groups in total. The number of para-hydroxylation sites is 1. The number of halogens is 2. The van der Waals surface area contributed by atoms with Gasteiger partial charge in [0.05, 0.1) is 47.1 Å². The Morgan fingerprint density at radius 3 is 2.55 bits per heavy atom. The van der Waals surface area contributed by atoms with Gasteiger partial charge < -0.3 is 14.2 Å². The van der Waals surface area contributed by atoms with Crippen LogP contribution in [0, 0.1) is 0 Å². The van der Waals surface area contributed by atoms with Gasteiger partial charge in [-0.3, -0.25) is 14.4 Å². The van der Waals surface area contributed by atoms with Gasteiger partial charge in [0.2, 0.25) is 0 Å². The molecule has 2 aromatic heterocycles. The lowest BCUT2D eigenvalue weighted by atomic mass is 9.97. The Balaban J connectivity index is 1.28. The van der Waals surface area contributed by atoms with Gasteiger partial charge in [-0.1, -0.05) is 64.8 Å². The highest BCUT2D eigenvalue weighted by Gasteiger charge is 2.33. The number of pyridine rings is 1. The fraction of sp³-hybridized carbons (Fsp3) is 0.194. The molecule has 0 radical (unpaired) electrons. The van der Waals surface area contributed by atoms with E-state index in [4.69, 9.17) is 27.9 Å². The number of carbonyl (C=O) groups is 2. The topological polar surface area (TPSA) is 99.3 Å². The van der Waals surface area contributed by atoms with Crippen LogP contribution in [0.1, 0.15) is 43.6 Å². The number of amides is 1. The molecule has 1 amide bonds. The molecule has 1 unspecified atom stereocenters. The molecule has 0 spiro atoms. The first-order valence-electron chi connectivity index (χ1n) is 13.3. The molecule has 1 fully saturated rings. The van der Waals surface area contributed by atoms with Gasteiger partial charge in [-0.2, -0.15) is 0 Å². The van der Waals surface area contributed by atoms with Crippen LogP contribution in [0.4, 0.5) is 0 Å². The second kappa shape index (κ2) is 11.5. The normalized spacial score (nSPS) is 15.2. The summed E-state index contributed by atoms with van der Waals surface area (Å²) in [5.74, 6) is -0.671. The third-order valence-corrected chi connectivity index (χ3v) is 8.15. The molecule has 6 rings (SSSR count). The van der Waals surface area contributed by atoms with Crippen molar-refractivity contribution >= 4 is 45.8 Å². The summed E-state index contributed by atoms with van der Waals surface area (Å²) in [5, 5.41) is 10.1. The number of benzene rings is 3. The third-order valence-electron chi connectivity index (χ3n) is 7.41. The smallest absolute Gasteiger partial charge is 0.255 e. The second-order valence-electron chi connectivity index (χ2n) is 10.0. The number of ketones is 1. The highest BCUT2D eigenvalue weighted by atomic mass is 35.5. The largest absolute Gasteiger partial charge is 0.377 e. The van der Waals surface area contributed by atoms with E-state index in [1.807, 2.05) is 30.3 Å². The van der Waals surface area contributed by atoms with Crippen molar-refractivity contribution in [2.24, 2.45) is 7.05 Å². The number of hydrogen-bond acceptors (Lipinski definition) is 6. The van der Waals surface area contributed by atoms with Crippen LogP contribution in [0.5, 0.6) is 0 Å². The van der Waals surface area contributed by atoms with Gasteiger partial charge in [-0.15, -0.1) is 5.10 Å². The monoisotopic (exact) mass is 601 g/mol. The molecule has 0 bridgehead atoms. The van der Waals surface area contributed by atoms with Crippen molar-refractivity contribution < 1.29 is 14.3 Å². The van der Waals surface area contributed by atoms with E-state index in [1.165, 1.54) is 6.07 Å². The molecule has 11 heteroatoms. The van der Waals surface area contributed by atoms with E-state index in [0.717, 1.165) is 10.9 Å². The second-order valence-corrected chi connectivity index (χ2v) is 10.8. The Bertz CT molecular complexity index is 1900. The van der Waals surface area contributed by atoms with Gasteiger partial charge in [0.1, 0.15) is 11.7 Å². The molecule has 5 aromatic rings. The fourth-order valence-electron chi connectivity index (χ4n) is 5.23. The van der Waals surface area contributed by atoms with Crippen molar-refractivity contribution in [1.82, 2.24) is 24.5 Å². The number of carbonyl (C=O) groups excluding carboxylic acids is 2. The maximum absolute atomic E-state index is 13.9. The Labute approximate surface area is 250 Å². The predicted molar refractivity (Wildman–Crippen MR) is 159 cm³/mol. The Morgan fingerprint density at radius 1 is 0.976 bits per heavy atom. The summed E-state index contributed by atoms with van der Waals surface area (Å²) in [6.45, 7) is 1.07. The first-order chi connectivity index (χ1) is 20.3. The molecule has 0 saturated carbocycles. The zero-order chi connectivity index (χ0) is 29.4. The van der Waals surface area contributed by atoms with E-state index < -0.39 is 6.04 Å². The van der Waals surface area contributed by atoms with E-state index >= 15 is 0 Å². The van der Waals surface area contributed by atoms with Gasteiger partial charge >= 0.3 is 0 Å². The summed E-state index contributed by atoms with van der Waals surface area (Å²) in [6, 6.07) is 20.3. The molecule has 9 nitrogen and oxygen atoms in total. The summed E-state index contributed by atoms with van der Waals surface area (Å²) in [7, 11) is 1.74. The number of hydrogen-bond donors (Lipinski definition) is 0. The van der Waals surface area contributed by atoms with E-state index in [2.05, 4.69) is 10.3 Å². The van der Waals surface area contributed by atoms with Crippen LogP contribution in [0.3, 0.4) is 0 Å². The van der Waals surface area contributed by atoms with E-state index in [0.29, 0.717) is 35.0 Å². The number of ether oxygens (including phenoxy) is 1. The number of rotatable bonds is 6. The highest BCUT2D eigenvalue weighted by Crippen LogP contribution is 2.28. The first kappa shape index (κ1) is 27.8. The van der Waals surface area contributed by atoms with E-state index in [1.54, 1.807) is 63.8 Å². The summed E-state index contributed by atoms with van der Waals surface area (Å²) in [6.07, 6.45) is 1.72. The SMILES string of the molecule is Cn1c(=O)c(Cn2cc(C3COCCN3C(=O)c3ccccc3C(=O)c3ccc(Cl)c(Cl)c3)nn2)cc2ccccc21. The molecular weight excluding hydrogens is 577 g/mol. The zero-order valence-corrected chi connectivity index (χ0v) is 24.0. The minimum atomic E-state index is -0.535. The van der Waals surface area contributed by atoms with Crippen molar-refractivity contribution in [3.05, 3.63) is 127 Å². The highest BCUT2D eigenvalue weighted by molar-refractivity contribution is 6.42. The molecule has 212 valence electrons. The summed E-state index contributed by atoms with van der Waals surface area (Å²) in [4.78, 5) is 42.0.